The number of sulfonamides is 1. The van der Waals surface area contributed by atoms with Crippen molar-refractivity contribution in [3.8, 4) is 0 Å². The molecule has 2 saturated heterocycles. The smallest absolute Gasteiger partial charge is 0.253 e. The quantitative estimate of drug-likeness (QED) is 0.389. The molecule has 0 unspecified atom stereocenters. The molecule has 5 rings (SSSR count). The first-order valence-corrected chi connectivity index (χ1v) is 14.2. The molecule has 2 aliphatic heterocycles. The molecule has 10 heteroatoms. The lowest BCUT2D eigenvalue weighted by molar-refractivity contribution is -0.177. The van der Waals surface area contributed by atoms with E-state index in [4.69, 9.17) is 27.9 Å². The van der Waals surface area contributed by atoms with Crippen molar-refractivity contribution in [2.24, 2.45) is 0 Å². The number of ether oxygens (including phenoxy) is 1. The van der Waals surface area contributed by atoms with E-state index in [0.29, 0.717) is 15.9 Å². The first kappa shape index (κ1) is 25.7. The van der Waals surface area contributed by atoms with Gasteiger partial charge in [0.2, 0.25) is 10.0 Å². The maximum Gasteiger partial charge on any atom is 0.253 e. The van der Waals surface area contributed by atoms with Crippen LogP contribution in [0.4, 0.5) is 5.82 Å². The van der Waals surface area contributed by atoms with E-state index in [0.717, 1.165) is 11.1 Å². The number of pyridine rings is 1. The van der Waals surface area contributed by atoms with Gasteiger partial charge >= 0.3 is 0 Å². The first-order valence-electron chi connectivity index (χ1n) is 11.8. The van der Waals surface area contributed by atoms with Gasteiger partial charge in [-0.2, -0.15) is 0 Å². The summed E-state index contributed by atoms with van der Waals surface area (Å²) >= 11 is 12.5. The molecular formula is C27H25Cl2N3O4S. The van der Waals surface area contributed by atoms with Crippen molar-refractivity contribution >= 4 is 45.0 Å². The highest BCUT2D eigenvalue weighted by Gasteiger charge is 2.50. The molecule has 7 nitrogen and oxygen atoms in total. The van der Waals surface area contributed by atoms with Gasteiger partial charge in [-0.1, -0.05) is 59.6 Å². The van der Waals surface area contributed by atoms with Gasteiger partial charge in [0.05, 0.1) is 24.4 Å². The number of anilines is 1. The van der Waals surface area contributed by atoms with E-state index in [1.54, 1.807) is 59.6 Å². The summed E-state index contributed by atoms with van der Waals surface area (Å²) in [4.78, 5) is 19.8. The fraction of sp³-hybridized carbons (Fsp3) is 0.259. The van der Waals surface area contributed by atoms with Crippen LogP contribution >= 0.6 is 23.2 Å². The molecule has 0 spiro atoms. The Morgan fingerprint density at radius 3 is 2.49 bits per heavy atom. The molecule has 1 aromatic heterocycles. The number of aromatic nitrogens is 1. The lowest BCUT2D eigenvalue weighted by Crippen LogP contribution is -2.56. The van der Waals surface area contributed by atoms with Gasteiger partial charge in [-0.25, -0.2) is 13.4 Å². The second-order valence-electron chi connectivity index (χ2n) is 9.02. The van der Waals surface area contributed by atoms with Crippen molar-refractivity contribution in [3.63, 3.8) is 0 Å². The fourth-order valence-electron chi connectivity index (χ4n) is 5.01. The van der Waals surface area contributed by atoms with E-state index in [-0.39, 0.29) is 24.6 Å². The Bertz CT molecular complexity index is 1400. The Kier molecular flexibility index (Phi) is 7.27. The molecule has 2 aromatic carbocycles. The zero-order chi connectivity index (χ0) is 26.2. The normalized spacial score (nSPS) is 25.3. The number of nitrogens with zero attached hydrogens (tertiary/aromatic N) is 3. The summed E-state index contributed by atoms with van der Waals surface area (Å²) in [6.45, 7) is 3.87. The van der Waals surface area contributed by atoms with Crippen LogP contribution in [0, 0.1) is 0 Å². The SMILES string of the molecule is C=CC[C@@H]1O[C@H](c2cccc(Cl)c2)[C@@H](c2ccc(Cl)cc2)N([C@@H]2CN(c3ccccn3)S(=O)(=O)C2)C1=O. The molecule has 2 aliphatic rings. The van der Waals surface area contributed by atoms with Gasteiger partial charge in [-0.05, 0) is 47.5 Å². The standard InChI is InChI=1S/C27H25Cl2N3O4S/c1-2-6-23-27(33)32(22-16-31(37(34,35)17-22)24-9-3-4-14-30-24)25(18-10-12-20(28)13-11-18)26(36-23)19-7-5-8-21(29)15-19/h2-5,7-15,22-23,25-26H,1,6,16-17H2/t22-,23+,25-,26-/m1/s1. The fourth-order valence-corrected chi connectivity index (χ4v) is 7.06. The van der Waals surface area contributed by atoms with Crippen LogP contribution in [0.5, 0.6) is 0 Å². The minimum Gasteiger partial charge on any atom is -0.358 e. The predicted molar refractivity (Wildman–Crippen MR) is 144 cm³/mol. The summed E-state index contributed by atoms with van der Waals surface area (Å²) in [7, 11) is -3.72. The van der Waals surface area contributed by atoms with Gasteiger partial charge in [-0.3, -0.25) is 9.10 Å². The topological polar surface area (TPSA) is 79.8 Å². The van der Waals surface area contributed by atoms with E-state index in [9.17, 15) is 13.2 Å². The highest BCUT2D eigenvalue weighted by atomic mass is 35.5. The highest BCUT2D eigenvalue weighted by Crippen LogP contribution is 2.45. The van der Waals surface area contributed by atoms with Gasteiger partial charge in [0.25, 0.3) is 5.91 Å². The van der Waals surface area contributed by atoms with Crippen molar-refractivity contribution in [1.82, 2.24) is 9.88 Å². The number of carbonyl (C=O) groups excluding carboxylic acids is 1. The number of carbonyl (C=O) groups is 1. The number of halogens is 2. The molecule has 192 valence electrons. The molecule has 0 N–H and O–H groups in total. The number of rotatable bonds is 6. The Morgan fingerprint density at radius 1 is 1.03 bits per heavy atom. The molecule has 1 amide bonds. The van der Waals surface area contributed by atoms with Crippen molar-refractivity contribution in [2.75, 3.05) is 16.6 Å². The number of amides is 1. The lowest BCUT2D eigenvalue weighted by Gasteiger charge is -2.47. The maximum atomic E-state index is 13.9. The zero-order valence-electron chi connectivity index (χ0n) is 19.8. The Morgan fingerprint density at radius 2 is 1.81 bits per heavy atom. The number of hydrogen-bond acceptors (Lipinski definition) is 5. The minimum absolute atomic E-state index is 0.0816. The van der Waals surface area contributed by atoms with E-state index in [2.05, 4.69) is 11.6 Å². The van der Waals surface area contributed by atoms with Crippen molar-refractivity contribution in [1.29, 1.82) is 0 Å². The molecule has 2 fully saturated rings. The third kappa shape index (κ3) is 5.11. The molecule has 3 aromatic rings. The minimum atomic E-state index is -3.72. The Balaban J connectivity index is 1.63. The lowest BCUT2D eigenvalue weighted by atomic mass is 9.90. The summed E-state index contributed by atoms with van der Waals surface area (Å²) in [5.41, 5.74) is 1.55. The van der Waals surface area contributed by atoms with Gasteiger partial charge in [0.15, 0.2) is 0 Å². The maximum absolute atomic E-state index is 13.9. The van der Waals surface area contributed by atoms with Crippen LogP contribution in [0.3, 0.4) is 0 Å². The second kappa shape index (κ2) is 10.5. The second-order valence-corrected chi connectivity index (χ2v) is 11.8. The summed E-state index contributed by atoms with van der Waals surface area (Å²) in [5.74, 6) is -0.202. The van der Waals surface area contributed by atoms with Crippen molar-refractivity contribution < 1.29 is 17.9 Å². The predicted octanol–water partition coefficient (Wildman–Crippen LogP) is 5.19. The Labute approximate surface area is 226 Å². The van der Waals surface area contributed by atoms with E-state index >= 15 is 0 Å². The Hall–Kier alpha value is -2.91. The number of hydrogen-bond donors (Lipinski definition) is 0. The van der Waals surface area contributed by atoms with E-state index < -0.39 is 34.3 Å². The van der Waals surface area contributed by atoms with E-state index in [1.807, 2.05) is 24.3 Å². The molecule has 0 bridgehead atoms. The van der Waals surface area contributed by atoms with Crippen LogP contribution in [-0.2, 0) is 19.6 Å². The van der Waals surface area contributed by atoms with Gasteiger partial charge < -0.3 is 9.64 Å². The zero-order valence-corrected chi connectivity index (χ0v) is 22.1. The summed E-state index contributed by atoms with van der Waals surface area (Å²) in [5, 5.41) is 1.08. The van der Waals surface area contributed by atoms with Crippen LogP contribution in [0.15, 0.2) is 85.6 Å². The highest BCUT2D eigenvalue weighted by molar-refractivity contribution is 7.93. The van der Waals surface area contributed by atoms with Gasteiger partial charge in [0.1, 0.15) is 18.0 Å². The molecule has 0 radical (unpaired) electrons. The summed E-state index contributed by atoms with van der Waals surface area (Å²) < 4.78 is 34.2. The van der Waals surface area contributed by atoms with Crippen LogP contribution in [0.25, 0.3) is 0 Å². The van der Waals surface area contributed by atoms with Crippen LogP contribution < -0.4 is 4.31 Å². The third-order valence-electron chi connectivity index (χ3n) is 6.61. The van der Waals surface area contributed by atoms with Crippen LogP contribution in [-0.4, -0.2) is 48.7 Å². The average molecular weight is 558 g/mol. The molecule has 0 saturated carbocycles. The largest absolute Gasteiger partial charge is 0.358 e. The molecule has 3 heterocycles. The van der Waals surface area contributed by atoms with Crippen molar-refractivity contribution in [2.45, 2.75) is 30.7 Å². The molecule has 37 heavy (non-hydrogen) atoms. The monoisotopic (exact) mass is 557 g/mol. The number of morpholine rings is 1. The third-order valence-corrected chi connectivity index (χ3v) is 8.91. The van der Waals surface area contributed by atoms with Crippen molar-refractivity contribution in [3.05, 3.63) is 107 Å². The van der Waals surface area contributed by atoms with E-state index in [1.165, 1.54) is 4.31 Å². The van der Waals surface area contributed by atoms with Crippen LogP contribution in [0.2, 0.25) is 10.0 Å². The van der Waals surface area contributed by atoms with Gasteiger partial charge in [0, 0.05) is 22.7 Å². The summed E-state index contributed by atoms with van der Waals surface area (Å²) in [6, 6.07) is 18.3. The molecule has 0 aliphatic carbocycles. The van der Waals surface area contributed by atoms with Crippen LogP contribution in [0.1, 0.15) is 29.7 Å². The average Bonchev–Trinajstić information content (AvgIpc) is 3.20. The molecule has 4 atom stereocenters. The number of benzene rings is 2. The first-order chi connectivity index (χ1) is 17.8. The van der Waals surface area contributed by atoms with Gasteiger partial charge in [-0.15, -0.1) is 6.58 Å². The summed E-state index contributed by atoms with van der Waals surface area (Å²) in [6.07, 6.45) is 2.03. The molecular weight excluding hydrogens is 533 g/mol.